The van der Waals surface area contributed by atoms with Gasteiger partial charge in [-0.1, -0.05) is 6.08 Å². The Balaban J connectivity index is 2.23. The van der Waals surface area contributed by atoms with Gasteiger partial charge in [-0.2, -0.15) is 0 Å². The molecule has 0 saturated carbocycles. The van der Waals surface area contributed by atoms with Crippen LogP contribution in [-0.4, -0.2) is 16.5 Å². The highest BCUT2D eigenvalue weighted by atomic mass is 16.5. The smallest absolute Gasteiger partial charge is 0.163 e. The fourth-order valence-corrected chi connectivity index (χ4v) is 2.44. The summed E-state index contributed by atoms with van der Waals surface area (Å²) in [7, 11) is 0. The van der Waals surface area contributed by atoms with Crippen molar-refractivity contribution in [3.63, 3.8) is 0 Å². The molecule has 0 unspecified atom stereocenters. The average Bonchev–Trinajstić information content (AvgIpc) is 2.34. The number of ketones is 1. The lowest BCUT2D eigenvalue weighted by Crippen LogP contribution is -2.27. The van der Waals surface area contributed by atoms with Crippen molar-refractivity contribution in [2.45, 2.75) is 26.4 Å². The minimum atomic E-state index is -0.331. The molecule has 1 heterocycles. The molecule has 2 aromatic carbocycles. The van der Waals surface area contributed by atoms with Crippen molar-refractivity contribution in [3.05, 3.63) is 41.5 Å². The molecule has 102 valence electrons. The zero-order valence-electron chi connectivity index (χ0n) is 11.7. The molecule has 1 aliphatic heterocycles. The summed E-state index contributed by atoms with van der Waals surface area (Å²) < 4.78 is 5.91. The van der Waals surface area contributed by atoms with Gasteiger partial charge >= 0.3 is 0 Å². The van der Waals surface area contributed by atoms with Crippen LogP contribution in [0.5, 0.6) is 11.5 Å². The van der Waals surface area contributed by atoms with Crippen LogP contribution < -0.4 is 4.74 Å². The quantitative estimate of drug-likeness (QED) is 0.797. The van der Waals surface area contributed by atoms with Crippen LogP contribution in [0.15, 0.2) is 30.3 Å². The van der Waals surface area contributed by atoms with Gasteiger partial charge in [-0.3, -0.25) is 4.79 Å². The van der Waals surface area contributed by atoms with Gasteiger partial charge in [0.15, 0.2) is 5.78 Å². The minimum Gasteiger partial charge on any atom is -0.507 e. The first kappa shape index (κ1) is 12.7. The van der Waals surface area contributed by atoms with Crippen molar-refractivity contribution in [1.82, 2.24) is 0 Å². The molecule has 0 spiro atoms. The zero-order chi connectivity index (χ0) is 14.5. The summed E-state index contributed by atoms with van der Waals surface area (Å²) in [4.78, 5) is 11.5. The van der Waals surface area contributed by atoms with E-state index in [9.17, 15) is 9.90 Å². The lowest BCUT2D eigenvalue weighted by atomic mass is 9.97. The Morgan fingerprint density at radius 2 is 1.85 bits per heavy atom. The first-order valence-corrected chi connectivity index (χ1v) is 6.56. The van der Waals surface area contributed by atoms with Crippen LogP contribution >= 0.6 is 0 Å². The Labute approximate surface area is 117 Å². The van der Waals surface area contributed by atoms with E-state index >= 15 is 0 Å². The van der Waals surface area contributed by atoms with Crippen LogP contribution in [0, 0.1) is 0 Å². The van der Waals surface area contributed by atoms with E-state index in [-0.39, 0.29) is 17.1 Å². The maximum absolute atomic E-state index is 11.5. The van der Waals surface area contributed by atoms with Crippen molar-refractivity contribution >= 4 is 22.6 Å². The predicted octanol–water partition coefficient (Wildman–Crippen LogP) is 3.93. The van der Waals surface area contributed by atoms with Gasteiger partial charge in [0.1, 0.15) is 17.1 Å². The first-order chi connectivity index (χ1) is 9.35. The molecule has 3 heteroatoms. The van der Waals surface area contributed by atoms with Gasteiger partial charge in [0.2, 0.25) is 0 Å². The van der Waals surface area contributed by atoms with Crippen molar-refractivity contribution in [1.29, 1.82) is 0 Å². The Morgan fingerprint density at radius 3 is 2.55 bits per heavy atom. The third-order valence-corrected chi connectivity index (χ3v) is 3.50. The average molecular weight is 268 g/mol. The van der Waals surface area contributed by atoms with E-state index in [1.807, 2.05) is 38.1 Å². The van der Waals surface area contributed by atoms with Crippen molar-refractivity contribution < 1.29 is 14.6 Å². The maximum Gasteiger partial charge on any atom is 0.163 e. The summed E-state index contributed by atoms with van der Waals surface area (Å²) >= 11 is 0. The number of fused-ring (bicyclic) bond motifs is 2. The number of rotatable bonds is 1. The third-order valence-electron chi connectivity index (χ3n) is 3.50. The molecule has 0 atom stereocenters. The van der Waals surface area contributed by atoms with E-state index in [4.69, 9.17) is 4.74 Å². The minimum absolute atomic E-state index is 0.00978. The van der Waals surface area contributed by atoms with E-state index in [0.717, 1.165) is 22.1 Å². The zero-order valence-corrected chi connectivity index (χ0v) is 11.7. The highest BCUT2D eigenvalue weighted by Crippen LogP contribution is 2.36. The molecule has 0 amide bonds. The normalized spacial score (nSPS) is 15.8. The second kappa shape index (κ2) is 4.10. The second-order valence-corrected chi connectivity index (χ2v) is 5.70. The lowest BCUT2D eigenvalue weighted by molar-refractivity contribution is 0.101. The molecule has 0 aromatic heterocycles. The molecule has 0 fully saturated rings. The summed E-state index contributed by atoms with van der Waals surface area (Å²) in [6.45, 7) is 5.44. The molecule has 0 aliphatic carbocycles. The Hall–Kier alpha value is -2.29. The number of benzene rings is 2. The molecule has 1 N–H and O–H groups in total. The number of carbonyl (C=O) groups excluding carboxylic acids is 1. The van der Waals surface area contributed by atoms with E-state index in [1.165, 1.54) is 6.92 Å². The summed E-state index contributed by atoms with van der Waals surface area (Å²) in [5.41, 5.74) is 0.998. The predicted molar refractivity (Wildman–Crippen MR) is 79.4 cm³/mol. The monoisotopic (exact) mass is 268 g/mol. The SMILES string of the molecule is CC(=O)c1cc2cc3c(cc2cc1O)OC(C)(C)C=C3. The number of hydrogen-bond acceptors (Lipinski definition) is 3. The number of aromatic hydroxyl groups is 1. The standard InChI is InChI=1S/C17H16O3/c1-10(18)14-7-12-6-11-4-5-17(2,3)20-16(11)9-13(12)8-15(14)19/h4-9,19H,1-3H3. The van der Waals surface area contributed by atoms with Gasteiger partial charge in [0.25, 0.3) is 0 Å². The van der Waals surface area contributed by atoms with Crippen LogP contribution in [0.4, 0.5) is 0 Å². The number of ether oxygens (including phenoxy) is 1. The highest BCUT2D eigenvalue weighted by molar-refractivity contribution is 6.02. The van der Waals surface area contributed by atoms with Gasteiger partial charge in [-0.15, -0.1) is 0 Å². The van der Waals surface area contributed by atoms with E-state index in [1.54, 1.807) is 12.1 Å². The number of carbonyl (C=O) groups is 1. The van der Waals surface area contributed by atoms with Crippen LogP contribution in [0.1, 0.15) is 36.7 Å². The van der Waals surface area contributed by atoms with Gasteiger partial charge in [0.05, 0.1) is 5.56 Å². The molecule has 20 heavy (non-hydrogen) atoms. The molecular weight excluding hydrogens is 252 g/mol. The molecule has 0 radical (unpaired) electrons. The van der Waals surface area contributed by atoms with Gasteiger partial charge in [0, 0.05) is 5.56 Å². The summed E-state index contributed by atoms with van der Waals surface area (Å²) in [6.07, 6.45) is 4.03. The Morgan fingerprint density at radius 1 is 1.15 bits per heavy atom. The number of Topliss-reactive ketones (excluding diaryl/α,β-unsaturated/α-hetero) is 1. The first-order valence-electron chi connectivity index (χ1n) is 6.56. The summed E-state index contributed by atoms with van der Waals surface area (Å²) in [5, 5.41) is 11.7. The summed E-state index contributed by atoms with van der Waals surface area (Å²) in [6, 6.07) is 7.21. The molecule has 0 saturated heterocycles. The van der Waals surface area contributed by atoms with Crippen LogP contribution in [0.25, 0.3) is 16.8 Å². The van der Waals surface area contributed by atoms with Crippen LogP contribution in [-0.2, 0) is 0 Å². The largest absolute Gasteiger partial charge is 0.507 e. The Bertz CT molecular complexity index is 754. The van der Waals surface area contributed by atoms with Crippen molar-refractivity contribution in [2.75, 3.05) is 0 Å². The molecule has 3 nitrogen and oxygen atoms in total. The van der Waals surface area contributed by atoms with E-state index in [2.05, 4.69) is 0 Å². The molecule has 1 aliphatic rings. The van der Waals surface area contributed by atoms with Crippen molar-refractivity contribution in [2.24, 2.45) is 0 Å². The van der Waals surface area contributed by atoms with Crippen molar-refractivity contribution in [3.8, 4) is 11.5 Å². The van der Waals surface area contributed by atoms with Crippen LogP contribution in [0.2, 0.25) is 0 Å². The van der Waals surface area contributed by atoms with Gasteiger partial charge in [-0.05, 0) is 61.9 Å². The number of phenolic OH excluding ortho intramolecular Hbond substituents is 1. The lowest BCUT2D eigenvalue weighted by Gasteiger charge is -2.28. The molecular formula is C17H16O3. The number of phenols is 1. The molecule has 3 rings (SSSR count). The fraction of sp³-hybridized carbons (Fsp3) is 0.235. The van der Waals surface area contributed by atoms with E-state index in [0.29, 0.717) is 5.56 Å². The molecule has 2 aromatic rings. The fourth-order valence-electron chi connectivity index (χ4n) is 2.44. The van der Waals surface area contributed by atoms with E-state index < -0.39 is 0 Å². The second-order valence-electron chi connectivity index (χ2n) is 5.70. The van der Waals surface area contributed by atoms with Gasteiger partial charge < -0.3 is 9.84 Å². The summed E-state index contributed by atoms with van der Waals surface area (Å²) in [5.74, 6) is 0.658. The van der Waals surface area contributed by atoms with Crippen LogP contribution in [0.3, 0.4) is 0 Å². The molecule has 0 bridgehead atoms. The van der Waals surface area contributed by atoms with Gasteiger partial charge in [-0.25, -0.2) is 0 Å². The maximum atomic E-state index is 11.5. The topological polar surface area (TPSA) is 46.5 Å². The highest BCUT2D eigenvalue weighted by Gasteiger charge is 2.22. The number of hydrogen-bond donors (Lipinski definition) is 1. The third kappa shape index (κ3) is 2.05. The Kier molecular flexibility index (Phi) is 2.61.